The number of rotatable bonds is 2. The summed E-state index contributed by atoms with van der Waals surface area (Å²) in [5, 5.41) is 0. The number of amides is 1. The Hall–Kier alpha value is -1.76. The quantitative estimate of drug-likeness (QED) is 0.900. The number of carbonyl (C=O) groups is 1. The average molecular weight is 274 g/mol. The van der Waals surface area contributed by atoms with E-state index in [-0.39, 0.29) is 18.8 Å². The highest BCUT2D eigenvalue weighted by molar-refractivity contribution is 5.91. The second kappa shape index (κ2) is 4.41. The monoisotopic (exact) mass is 274 g/mol. The normalized spacial score (nSPS) is 23.6. The fraction of sp³-hybridized carbons (Fsp3) is 0.417. The summed E-state index contributed by atoms with van der Waals surface area (Å²) >= 11 is 0. The van der Waals surface area contributed by atoms with E-state index in [4.69, 9.17) is 10.5 Å². The fourth-order valence-corrected chi connectivity index (χ4v) is 1.96. The zero-order valence-electron chi connectivity index (χ0n) is 10.2. The van der Waals surface area contributed by atoms with Gasteiger partial charge >= 0.3 is 12.3 Å². The van der Waals surface area contributed by atoms with Crippen molar-refractivity contribution in [1.82, 2.24) is 0 Å². The van der Waals surface area contributed by atoms with Gasteiger partial charge in [0.05, 0.1) is 11.1 Å². The largest absolute Gasteiger partial charge is 0.447 e. The minimum absolute atomic E-state index is 0.0541. The van der Waals surface area contributed by atoms with Crippen molar-refractivity contribution in [2.24, 2.45) is 5.73 Å². The number of hydrogen-bond acceptors (Lipinski definition) is 3. The van der Waals surface area contributed by atoms with Crippen molar-refractivity contribution in [3.8, 4) is 0 Å². The Labute approximate surface area is 107 Å². The lowest BCUT2D eigenvalue weighted by Crippen LogP contribution is -2.50. The molecule has 2 rings (SSSR count). The number of anilines is 1. The summed E-state index contributed by atoms with van der Waals surface area (Å²) in [6, 6.07) is 4.54. The Morgan fingerprint density at radius 3 is 2.74 bits per heavy atom. The highest BCUT2D eigenvalue weighted by Gasteiger charge is 2.44. The molecule has 1 saturated heterocycles. The molecule has 1 fully saturated rings. The second-order valence-corrected chi connectivity index (χ2v) is 4.64. The maximum atomic E-state index is 12.7. The predicted octanol–water partition coefficient (Wildman–Crippen LogP) is 2.38. The van der Waals surface area contributed by atoms with Crippen LogP contribution in [0.4, 0.5) is 23.7 Å². The molecule has 0 aliphatic carbocycles. The molecule has 0 bridgehead atoms. The van der Waals surface area contributed by atoms with Crippen molar-refractivity contribution in [3.63, 3.8) is 0 Å². The van der Waals surface area contributed by atoms with Gasteiger partial charge in [0, 0.05) is 12.2 Å². The molecule has 1 aromatic carbocycles. The average Bonchev–Trinajstić information content (AvgIpc) is 2.65. The van der Waals surface area contributed by atoms with Crippen molar-refractivity contribution in [2.45, 2.75) is 18.6 Å². The Kier molecular flexibility index (Phi) is 3.17. The van der Waals surface area contributed by atoms with Gasteiger partial charge in [0.1, 0.15) is 6.61 Å². The smallest absolute Gasteiger partial charge is 0.416 e. The van der Waals surface area contributed by atoms with Gasteiger partial charge in [-0.05, 0) is 25.1 Å². The molecule has 1 aliphatic heterocycles. The number of ether oxygens (including phenoxy) is 1. The van der Waals surface area contributed by atoms with Crippen molar-refractivity contribution in [1.29, 1.82) is 0 Å². The second-order valence-electron chi connectivity index (χ2n) is 4.64. The van der Waals surface area contributed by atoms with Crippen LogP contribution in [0, 0.1) is 0 Å². The van der Waals surface area contributed by atoms with Crippen LogP contribution in [0.1, 0.15) is 12.5 Å². The number of halogens is 3. The molecule has 1 aliphatic rings. The van der Waals surface area contributed by atoms with E-state index in [0.717, 1.165) is 12.1 Å². The number of benzene rings is 1. The number of alkyl halides is 3. The van der Waals surface area contributed by atoms with Crippen LogP contribution in [0.5, 0.6) is 0 Å². The van der Waals surface area contributed by atoms with Gasteiger partial charge in [-0.15, -0.1) is 0 Å². The van der Waals surface area contributed by atoms with Gasteiger partial charge in [-0.2, -0.15) is 13.2 Å². The molecule has 1 unspecified atom stereocenters. The molecule has 104 valence electrons. The highest BCUT2D eigenvalue weighted by atomic mass is 19.4. The lowest BCUT2D eigenvalue weighted by Gasteiger charge is -2.30. The van der Waals surface area contributed by atoms with Gasteiger partial charge < -0.3 is 10.5 Å². The summed E-state index contributed by atoms with van der Waals surface area (Å²) in [7, 11) is 0. The first kappa shape index (κ1) is 13.7. The van der Waals surface area contributed by atoms with E-state index in [1.54, 1.807) is 6.92 Å². The van der Waals surface area contributed by atoms with E-state index in [9.17, 15) is 18.0 Å². The molecule has 4 nitrogen and oxygen atoms in total. The third kappa shape index (κ3) is 2.37. The third-order valence-corrected chi connectivity index (χ3v) is 3.10. The van der Waals surface area contributed by atoms with Crippen LogP contribution in [0.25, 0.3) is 0 Å². The predicted molar refractivity (Wildman–Crippen MR) is 62.7 cm³/mol. The van der Waals surface area contributed by atoms with E-state index in [2.05, 4.69) is 0 Å². The number of carbonyl (C=O) groups excluding carboxylic acids is 1. The third-order valence-electron chi connectivity index (χ3n) is 3.10. The standard InChI is InChI=1S/C12H13F3N2O2/c1-11(6-16)7-19-10(18)17(11)9-4-2-3-8(5-9)12(13,14)15/h2-5H,6-7,16H2,1H3. The topological polar surface area (TPSA) is 55.6 Å². The van der Waals surface area contributed by atoms with Crippen LogP contribution in [0.2, 0.25) is 0 Å². The molecular weight excluding hydrogens is 261 g/mol. The molecule has 1 aromatic rings. The van der Waals surface area contributed by atoms with Gasteiger partial charge in [0.25, 0.3) is 0 Å². The lowest BCUT2D eigenvalue weighted by molar-refractivity contribution is -0.137. The van der Waals surface area contributed by atoms with Gasteiger partial charge in [-0.3, -0.25) is 4.90 Å². The van der Waals surface area contributed by atoms with E-state index >= 15 is 0 Å². The van der Waals surface area contributed by atoms with Crippen LogP contribution in [0.15, 0.2) is 24.3 Å². The number of nitrogens with two attached hydrogens (primary N) is 1. The molecule has 0 radical (unpaired) electrons. The molecule has 7 heteroatoms. The fourth-order valence-electron chi connectivity index (χ4n) is 1.96. The first-order valence-electron chi connectivity index (χ1n) is 5.62. The Bertz CT molecular complexity index is 504. The van der Waals surface area contributed by atoms with E-state index in [0.29, 0.717) is 0 Å². The number of hydrogen-bond donors (Lipinski definition) is 1. The maximum Gasteiger partial charge on any atom is 0.416 e. The molecule has 0 saturated carbocycles. The first-order chi connectivity index (χ1) is 8.78. The zero-order valence-corrected chi connectivity index (χ0v) is 10.2. The van der Waals surface area contributed by atoms with Gasteiger partial charge in [0.15, 0.2) is 0 Å². The van der Waals surface area contributed by atoms with Gasteiger partial charge in [0.2, 0.25) is 0 Å². The molecule has 1 atom stereocenters. The number of nitrogens with zero attached hydrogens (tertiary/aromatic N) is 1. The Balaban J connectivity index is 2.44. The SMILES string of the molecule is CC1(CN)COC(=O)N1c1cccc(C(F)(F)F)c1. The van der Waals surface area contributed by atoms with Gasteiger partial charge in [-0.25, -0.2) is 4.79 Å². The minimum atomic E-state index is -4.46. The van der Waals surface area contributed by atoms with Crippen molar-refractivity contribution in [3.05, 3.63) is 29.8 Å². The van der Waals surface area contributed by atoms with E-state index in [1.807, 2.05) is 0 Å². The summed E-state index contributed by atoms with van der Waals surface area (Å²) in [5.41, 5.74) is 4.07. The minimum Gasteiger partial charge on any atom is -0.447 e. The Morgan fingerprint density at radius 1 is 1.47 bits per heavy atom. The first-order valence-corrected chi connectivity index (χ1v) is 5.62. The van der Waals surface area contributed by atoms with Crippen LogP contribution in [-0.2, 0) is 10.9 Å². The summed E-state index contributed by atoms with van der Waals surface area (Å²) in [4.78, 5) is 12.8. The molecule has 19 heavy (non-hydrogen) atoms. The lowest BCUT2D eigenvalue weighted by atomic mass is 10.0. The summed E-state index contributed by atoms with van der Waals surface area (Å²) in [6.45, 7) is 1.81. The zero-order chi connectivity index (χ0) is 14.3. The van der Waals surface area contributed by atoms with Crippen LogP contribution in [0.3, 0.4) is 0 Å². The van der Waals surface area contributed by atoms with Gasteiger partial charge in [-0.1, -0.05) is 6.07 Å². The molecular formula is C12H13F3N2O2. The molecule has 0 aromatic heterocycles. The number of cyclic esters (lactones) is 1. The summed E-state index contributed by atoms with van der Waals surface area (Å²) in [6.07, 6.45) is -5.15. The molecule has 0 spiro atoms. The van der Waals surface area contributed by atoms with Crippen molar-refractivity contribution >= 4 is 11.8 Å². The Morgan fingerprint density at radius 2 is 2.16 bits per heavy atom. The summed E-state index contributed by atoms with van der Waals surface area (Å²) in [5.74, 6) is 0. The molecule has 2 N–H and O–H groups in total. The van der Waals surface area contributed by atoms with E-state index in [1.165, 1.54) is 17.0 Å². The molecule has 1 amide bonds. The van der Waals surface area contributed by atoms with E-state index < -0.39 is 23.4 Å². The highest BCUT2D eigenvalue weighted by Crippen LogP contribution is 2.35. The van der Waals surface area contributed by atoms with Crippen LogP contribution < -0.4 is 10.6 Å². The van der Waals surface area contributed by atoms with Crippen LogP contribution >= 0.6 is 0 Å². The maximum absolute atomic E-state index is 12.7. The summed E-state index contributed by atoms with van der Waals surface area (Å²) < 4.78 is 42.9. The van der Waals surface area contributed by atoms with Crippen molar-refractivity contribution in [2.75, 3.05) is 18.1 Å². The van der Waals surface area contributed by atoms with Crippen molar-refractivity contribution < 1.29 is 22.7 Å². The molecule has 1 heterocycles. The van der Waals surface area contributed by atoms with Crippen LogP contribution in [-0.4, -0.2) is 24.8 Å².